The fourth-order valence-electron chi connectivity index (χ4n) is 2.50. The Morgan fingerprint density at radius 1 is 0.920 bits per heavy atom. The van der Waals surface area contributed by atoms with Crippen LogP contribution in [0.1, 0.15) is 5.82 Å². The second kappa shape index (κ2) is 6.31. The molecule has 2 N–H and O–H groups in total. The number of nitrogens with one attached hydrogen (secondary N) is 2. The van der Waals surface area contributed by atoms with Gasteiger partial charge in [0.1, 0.15) is 11.6 Å². The third-order valence-electron chi connectivity index (χ3n) is 3.62. The Labute approximate surface area is 153 Å². The Hall–Kier alpha value is -2.70. The molecule has 0 saturated heterocycles. The standard InChI is InChI=1S/C17H12Cl2N6/c1-9-20-17(25-24-9)23-15-10-5-2-3-8-13(10)21-16(22-15)14-11(18)6-4-7-12(14)19/h2-8H,1H3,(H2,20,21,22,23,24,25). The quantitative estimate of drug-likeness (QED) is 0.542. The number of nitrogens with zero attached hydrogens (tertiary/aromatic N) is 4. The van der Waals surface area contributed by atoms with E-state index in [4.69, 9.17) is 23.2 Å². The predicted molar refractivity (Wildman–Crippen MR) is 99.4 cm³/mol. The van der Waals surface area contributed by atoms with Crippen LogP contribution in [0.4, 0.5) is 11.8 Å². The van der Waals surface area contributed by atoms with Gasteiger partial charge in [-0.25, -0.2) is 9.97 Å². The van der Waals surface area contributed by atoms with Crippen LogP contribution in [-0.4, -0.2) is 25.1 Å². The van der Waals surface area contributed by atoms with E-state index in [0.29, 0.717) is 39.0 Å². The van der Waals surface area contributed by atoms with Crippen molar-refractivity contribution < 1.29 is 0 Å². The summed E-state index contributed by atoms with van der Waals surface area (Å²) in [7, 11) is 0. The Kier molecular flexibility index (Phi) is 3.99. The molecule has 2 aromatic heterocycles. The van der Waals surface area contributed by atoms with Gasteiger partial charge in [0.15, 0.2) is 5.82 Å². The van der Waals surface area contributed by atoms with Gasteiger partial charge >= 0.3 is 0 Å². The molecular weight excluding hydrogens is 359 g/mol. The number of aromatic amines is 1. The van der Waals surface area contributed by atoms with Crippen molar-refractivity contribution in [2.24, 2.45) is 0 Å². The van der Waals surface area contributed by atoms with Crippen LogP contribution in [0.5, 0.6) is 0 Å². The van der Waals surface area contributed by atoms with Crippen LogP contribution in [0.3, 0.4) is 0 Å². The lowest BCUT2D eigenvalue weighted by atomic mass is 10.1. The zero-order valence-electron chi connectivity index (χ0n) is 13.1. The van der Waals surface area contributed by atoms with Crippen LogP contribution in [0.25, 0.3) is 22.3 Å². The van der Waals surface area contributed by atoms with Crippen molar-refractivity contribution in [3.63, 3.8) is 0 Å². The van der Waals surface area contributed by atoms with E-state index in [1.807, 2.05) is 31.2 Å². The topological polar surface area (TPSA) is 79.4 Å². The lowest BCUT2D eigenvalue weighted by Gasteiger charge is -2.11. The number of hydrogen-bond donors (Lipinski definition) is 2. The first kappa shape index (κ1) is 15.8. The Balaban J connectivity index is 1.92. The maximum atomic E-state index is 6.32. The average Bonchev–Trinajstić information content (AvgIpc) is 3.00. The Bertz CT molecular complexity index is 1060. The molecule has 0 spiro atoms. The van der Waals surface area contributed by atoms with Gasteiger partial charge < -0.3 is 5.32 Å². The molecule has 0 amide bonds. The fraction of sp³-hybridized carbons (Fsp3) is 0.0588. The minimum Gasteiger partial charge on any atom is -0.307 e. The molecule has 2 heterocycles. The van der Waals surface area contributed by atoms with Gasteiger partial charge in [0.25, 0.3) is 0 Å². The molecule has 0 aliphatic heterocycles. The molecule has 6 nitrogen and oxygen atoms in total. The number of halogens is 2. The monoisotopic (exact) mass is 370 g/mol. The van der Waals surface area contributed by atoms with Gasteiger partial charge in [-0.3, -0.25) is 5.10 Å². The molecular formula is C17H12Cl2N6. The molecule has 4 rings (SSSR count). The first-order valence-electron chi connectivity index (χ1n) is 7.49. The number of aromatic nitrogens is 5. The number of anilines is 2. The molecule has 0 aliphatic rings. The van der Waals surface area contributed by atoms with Crippen LogP contribution in [-0.2, 0) is 0 Å². The smallest absolute Gasteiger partial charge is 0.247 e. The SMILES string of the molecule is Cc1nc(Nc2nc(-c3c(Cl)cccc3Cl)nc3ccccc23)n[nH]1. The van der Waals surface area contributed by atoms with Crippen molar-refractivity contribution in [2.45, 2.75) is 6.92 Å². The minimum absolute atomic E-state index is 0.428. The van der Waals surface area contributed by atoms with Crippen molar-refractivity contribution in [3.05, 3.63) is 58.3 Å². The van der Waals surface area contributed by atoms with E-state index in [9.17, 15) is 0 Å². The minimum atomic E-state index is 0.428. The van der Waals surface area contributed by atoms with Crippen molar-refractivity contribution in [1.29, 1.82) is 0 Å². The maximum absolute atomic E-state index is 6.32. The van der Waals surface area contributed by atoms with Gasteiger partial charge in [-0.05, 0) is 31.2 Å². The second-order valence-electron chi connectivity index (χ2n) is 5.38. The van der Waals surface area contributed by atoms with Gasteiger partial charge in [0.2, 0.25) is 5.95 Å². The molecule has 0 atom stereocenters. The average molecular weight is 371 g/mol. The number of H-pyrrole nitrogens is 1. The zero-order valence-corrected chi connectivity index (χ0v) is 14.6. The highest BCUT2D eigenvalue weighted by Gasteiger charge is 2.15. The largest absolute Gasteiger partial charge is 0.307 e. The van der Waals surface area contributed by atoms with Gasteiger partial charge in [0, 0.05) is 5.39 Å². The molecule has 25 heavy (non-hydrogen) atoms. The number of rotatable bonds is 3. The maximum Gasteiger partial charge on any atom is 0.247 e. The van der Waals surface area contributed by atoms with Gasteiger partial charge in [-0.2, -0.15) is 4.98 Å². The normalized spacial score (nSPS) is 11.0. The number of fused-ring (bicyclic) bond motifs is 1. The third-order valence-corrected chi connectivity index (χ3v) is 4.25. The summed E-state index contributed by atoms with van der Waals surface area (Å²) in [5, 5.41) is 11.8. The van der Waals surface area contributed by atoms with Crippen molar-refractivity contribution in [3.8, 4) is 11.4 Å². The molecule has 124 valence electrons. The van der Waals surface area contributed by atoms with Crippen LogP contribution in [0.2, 0.25) is 10.0 Å². The number of benzene rings is 2. The zero-order chi connectivity index (χ0) is 17.4. The van der Waals surface area contributed by atoms with E-state index in [-0.39, 0.29) is 0 Å². The van der Waals surface area contributed by atoms with E-state index in [0.717, 1.165) is 10.9 Å². The fourth-order valence-corrected chi connectivity index (χ4v) is 3.07. The molecule has 4 aromatic rings. The summed E-state index contributed by atoms with van der Waals surface area (Å²) in [4.78, 5) is 13.5. The van der Waals surface area contributed by atoms with E-state index in [2.05, 4.69) is 30.5 Å². The molecule has 0 saturated carbocycles. The molecule has 0 fully saturated rings. The molecule has 0 aliphatic carbocycles. The highest BCUT2D eigenvalue weighted by atomic mass is 35.5. The van der Waals surface area contributed by atoms with Crippen molar-refractivity contribution in [2.75, 3.05) is 5.32 Å². The number of hydrogen-bond acceptors (Lipinski definition) is 5. The second-order valence-corrected chi connectivity index (χ2v) is 6.19. The molecule has 0 radical (unpaired) electrons. The molecule has 0 unspecified atom stereocenters. The Morgan fingerprint density at radius 3 is 2.40 bits per heavy atom. The van der Waals surface area contributed by atoms with E-state index < -0.39 is 0 Å². The van der Waals surface area contributed by atoms with E-state index >= 15 is 0 Å². The summed E-state index contributed by atoms with van der Waals surface area (Å²) >= 11 is 12.6. The highest BCUT2D eigenvalue weighted by Crippen LogP contribution is 2.34. The van der Waals surface area contributed by atoms with Gasteiger partial charge in [-0.15, -0.1) is 5.10 Å². The third kappa shape index (κ3) is 3.01. The summed E-state index contributed by atoms with van der Waals surface area (Å²) in [5.74, 6) is 2.15. The summed E-state index contributed by atoms with van der Waals surface area (Å²) in [6.45, 7) is 1.82. The number of aryl methyl sites for hydroxylation is 1. The van der Waals surface area contributed by atoms with Crippen LogP contribution < -0.4 is 5.32 Å². The highest BCUT2D eigenvalue weighted by molar-refractivity contribution is 6.39. The molecule has 0 bridgehead atoms. The first-order valence-corrected chi connectivity index (χ1v) is 8.24. The lowest BCUT2D eigenvalue weighted by molar-refractivity contribution is 1.04. The lowest BCUT2D eigenvalue weighted by Crippen LogP contribution is -2.01. The van der Waals surface area contributed by atoms with Crippen LogP contribution >= 0.6 is 23.2 Å². The van der Waals surface area contributed by atoms with Crippen LogP contribution in [0, 0.1) is 6.92 Å². The number of para-hydroxylation sites is 1. The van der Waals surface area contributed by atoms with Crippen LogP contribution in [0.15, 0.2) is 42.5 Å². The van der Waals surface area contributed by atoms with E-state index in [1.165, 1.54) is 0 Å². The molecule has 8 heteroatoms. The predicted octanol–water partition coefficient (Wildman–Crippen LogP) is 4.77. The first-order chi connectivity index (χ1) is 12.1. The summed E-state index contributed by atoms with van der Waals surface area (Å²) < 4.78 is 0. The van der Waals surface area contributed by atoms with E-state index in [1.54, 1.807) is 18.2 Å². The summed E-state index contributed by atoms with van der Waals surface area (Å²) in [6.07, 6.45) is 0. The summed E-state index contributed by atoms with van der Waals surface area (Å²) in [5.41, 5.74) is 1.35. The Morgan fingerprint density at radius 2 is 1.68 bits per heavy atom. The van der Waals surface area contributed by atoms with Gasteiger partial charge in [0.05, 0.1) is 21.1 Å². The van der Waals surface area contributed by atoms with Crippen molar-refractivity contribution in [1.82, 2.24) is 25.1 Å². The summed E-state index contributed by atoms with van der Waals surface area (Å²) in [6, 6.07) is 13.0. The molecule has 2 aromatic carbocycles. The van der Waals surface area contributed by atoms with Gasteiger partial charge in [-0.1, -0.05) is 41.4 Å². The van der Waals surface area contributed by atoms with Crippen molar-refractivity contribution >= 4 is 45.9 Å².